The van der Waals surface area contributed by atoms with Crippen molar-refractivity contribution in [3.63, 3.8) is 0 Å². The molecule has 0 fully saturated rings. The van der Waals surface area contributed by atoms with E-state index in [1.165, 1.54) is 148 Å². The number of ether oxygens (including phenoxy) is 4. The van der Waals surface area contributed by atoms with Crippen molar-refractivity contribution in [2.45, 2.75) is 270 Å². The van der Waals surface area contributed by atoms with Gasteiger partial charge in [0.05, 0.1) is 40.3 Å². The zero-order valence-corrected chi connectivity index (χ0v) is 50.3. The fraction of sp³-hybridized carbons (Fsp3) is 0.721. The monoisotopic (exact) mass is 1080 g/mol. The molecule has 0 aromatic rings. The molecule has 0 saturated heterocycles. The Balaban J connectivity index is 4.20. The van der Waals surface area contributed by atoms with Crippen LogP contribution >= 0.6 is 0 Å². The van der Waals surface area contributed by atoms with Gasteiger partial charge in [0.15, 0.2) is 12.4 Å². The lowest BCUT2D eigenvalue weighted by molar-refractivity contribution is -0.870. The number of esters is 2. The van der Waals surface area contributed by atoms with Crippen molar-refractivity contribution >= 4 is 17.9 Å². The molecular weight excluding hydrogens is 959 g/mol. The van der Waals surface area contributed by atoms with Crippen LogP contribution in [0.15, 0.2) is 97.2 Å². The van der Waals surface area contributed by atoms with Gasteiger partial charge in [0, 0.05) is 12.8 Å². The summed E-state index contributed by atoms with van der Waals surface area (Å²) >= 11 is 0. The van der Waals surface area contributed by atoms with E-state index < -0.39 is 24.3 Å². The fourth-order valence-electron chi connectivity index (χ4n) is 8.51. The number of unbranched alkanes of at least 4 members (excludes halogenated alkanes) is 26. The topological polar surface area (TPSA) is 111 Å². The molecule has 2 atom stereocenters. The van der Waals surface area contributed by atoms with Gasteiger partial charge in [-0.15, -0.1) is 0 Å². The molecular formula is C68H117NO8. The van der Waals surface area contributed by atoms with E-state index >= 15 is 0 Å². The molecule has 0 saturated carbocycles. The van der Waals surface area contributed by atoms with E-state index in [-0.39, 0.29) is 38.6 Å². The predicted molar refractivity (Wildman–Crippen MR) is 324 cm³/mol. The summed E-state index contributed by atoms with van der Waals surface area (Å²) in [6.07, 6.45) is 76.2. The average Bonchev–Trinajstić information content (AvgIpc) is 3.40. The highest BCUT2D eigenvalue weighted by molar-refractivity contribution is 5.70. The first-order valence-electron chi connectivity index (χ1n) is 31.4. The maximum absolute atomic E-state index is 12.9. The number of carboxylic acid groups (broad SMARTS) is 1. The number of hydrogen-bond donors (Lipinski definition) is 0. The molecule has 9 heteroatoms. The van der Waals surface area contributed by atoms with Gasteiger partial charge in [-0.1, -0.05) is 246 Å². The summed E-state index contributed by atoms with van der Waals surface area (Å²) in [7, 11) is 5.90. The van der Waals surface area contributed by atoms with Gasteiger partial charge in [0.25, 0.3) is 0 Å². The number of quaternary nitrogens is 1. The molecule has 0 N–H and O–H groups in total. The Labute approximate surface area is 473 Å². The van der Waals surface area contributed by atoms with Crippen LogP contribution in [-0.2, 0) is 33.3 Å². The standard InChI is InChI=1S/C68H117NO8/c1-6-8-10-12-14-16-18-20-22-24-26-28-29-30-31-32-33-34-35-36-37-39-40-42-44-46-48-50-52-54-56-58-65(70)75-62-64(63-76-68(67(72)73)74-61-60-69(3,4)5)77-66(71)59-57-55-53-51-49-47-45-43-41-38-27-25-23-21-19-17-15-13-11-9-7-2/h9,11,15,17-18,20-21,23-24,26-27,38,43,45,49,51,64,68H,6-8,10,12-14,16,19,22,25,28-37,39-42,44,46-48,50,52-63H2,1-5H3/b11-9-,17-15-,20-18-,23-21-,26-24-,38-27-,45-43-,51-49-. The van der Waals surface area contributed by atoms with Crippen molar-refractivity contribution in [3.05, 3.63) is 97.2 Å². The molecule has 442 valence electrons. The molecule has 77 heavy (non-hydrogen) atoms. The maximum atomic E-state index is 12.9. The highest BCUT2D eigenvalue weighted by Gasteiger charge is 2.22. The summed E-state index contributed by atoms with van der Waals surface area (Å²) in [5.74, 6) is -2.34. The summed E-state index contributed by atoms with van der Waals surface area (Å²) in [5, 5.41) is 11.8. The van der Waals surface area contributed by atoms with Crippen LogP contribution in [0.1, 0.15) is 258 Å². The number of hydrogen-bond acceptors (Lipinski definition) is 8. The Hall–Kier alpha value is -3.79. The van der Waals surface area contributed by atoms with E-state index in [0.717, 1.165) is 77.0 Å². The molecule has 0 aromatic heterocycles. The molecule has 0 aromatic carbocycles. The molecule has 0 rings (SSSR count). The van der Waals surface area contributed by atoms with Gasteiger partial charge in [0.2, 0.25) is 0 Å². The highest BCUT2D eigenvalue weighted by atomic mass is 16.7. The summed E-state index contributed by atoms with van der Waals surface area (Å²) in [5.41, 5.74) is 0. The zero-order valence-electron chi connectivity index (χ0n) is 50.3. The smallest absolute Gasteiger partial charge is 0.306 e. The number of rotatable bonds is 57. The van der Waals surface area contributed by atoms with Crippen LogP contribution in [0.4, 0.5) is 0 Å². The van der Waals surface area contributed by atoms with Crippen molar-refractivity contribution in [3.8, 4) is 0 Å². The van der Waals surface area contributed by atoms with E-state index in [4.69, 9.17) is 18.9 Å². The molecule has 0 aliphatic carbocycles. The summed E-state index contributed by atoms with van der Waals surface area (Å²) in [4.78, 5) is 37.3. The van der Waals surface area contributed by atoms with Crippen molar-refractivity contribution in [2.24, 2.45) is 0 Å². The molecule has 0 aliphatic rings. The normalized spacial score (nSPS) is 13.4. The van der Waals surface area contributed by atoms with Crippen molar-refractivity contribution in [1.29, 1.82) is 0 Å². The van der Waals surface area contributed by atoms with E-state index in [0.29, 0.717) is 17.4 Å². The fourth-order valence-corrected chi connectivity index (χ4v) is 8.51. The third-order valence-corrected chi connectivity index (χ3v) is 13.3. The van der Waals surface area contributed by atoms with Gasteiger partial charge < -0.3 is 33.3 Å². The van der Waals surface area contributed by atoms with Gasteiger partial charge in [-0.25, -0.2) is 0 Å². The minimum atomic E-state index is -1.64. The number of carboxylic acids is 1. The molecule has 9 nitrogen and oxygen atoms in total. The second kappa shape index (κ2) is 58.4. The Bertz CT molecular complexity index is 1580. The van der Waals surface area contributed by atoms with Gasteiger partial charge in [-0.2, -0.15) is 0 Å². The first-order chi connectivity index (χ1) is 37.6. The van der Waals surface area contributed by atoms with E-state index in [1.807, 2.05) is 21.1 Å². The van der Waals surface area contributed by atoms with Crippen LogP contribution < -0.4 is 5.11 Å². The number of allylic oxidation sites excluding steroid dienone is 16. The number of nitrogens with zero attached hydrogens (tertiary/aromatic N) is 1. The maximum Gasteiger partial charge on any atom is 0.306 e. The Morgan fingerprint density at radius 2 is 0.740 bits per heavy atom. The molecule has 0 aliphatic heterocycles. The lowest BCUT2D eigenvalue weighted by Crippen LogP contribution is -2.44. The van der Waals surface area contributed by atoms with Crippen LogP contribution in [0, 0.1) is 0 Å². The molecule has 0 amide bonds. The van der Waals surface area contributed by atoms with E-state index in [2.05, 4.69) is 111 Å². The molecule has 0 heterocycles. The van der Waals surface area contributed by atoms with Gasteiger partial charge in [-0.3, -0.25) is 9.59 Å². The van der Waals surface area contributed by atoms with Gasteiger partial charge in [-0.05, 0) is 96.3 Å². The Morgan fingerprint density at radius 1 is 0.403 bits per heavy atom. The van der Waals surface area contributed by atoms with Crippen LogP contribution in [0.5, 0.6) is 0 Å². The summed E-state index contributed by atoms with van der Waals surface area (Å²) < 4.78 is 22.7. The van der Waals surface area contributed by atoms with Crippen LogP contribution in [0.2, 0.25) is 0 Å². The number of carbonyl (C=O) groups excluding carboxylic acids is 3. The van der Waals surface area contributed by atoms with E-state index in [9.17, 15) is 19.5 Å². The minimum Gasteiger partial charge on any atom is -0.545 e. The number of carbonyl (C=O) groups is 3. The number of aliphatic carboxylic acids is 1. The van der Waals surface area contributed by atoms with E-state index in [1.54, 1.807) is 0 Å². The molecule has 0 spiro atoms. The Morgan fingerprint density at radius 3 is 1.13 bits per heavy atom. The molecule has 2 unspecified atom stereocenters. The minimum absolute atomic E-state index is 0.135. The first kappa shape index (κ1) is 73.2. The van der Waals surface area contributed by atoms with Crippen LogP contribution in [0.3, 0.4) is 0 Å². The van der Waals surface area contributed by atoms with Crippen LogP contribution in [-0.4, -0.2) is 82.3 Å². The highest BCUT2D eigenvalue weighted by Crippen LogP contribution is 2.16. The quantitative estimate of drug-likeness (QED) is 0.0195. The SMILES string of the molecule is CC/C=C\C/C=C\C/C=C\C/C=C\C/C=C\C/C=C\CCCCC(=O)OC(COC(=O)CCCCCCCCCCCCCCCCCCCCC/C=C\C/C=C\CCCCCCC)COC(OCC[N+](C)(C)C)C(=O)[O-]. The third-order valence-electron chi connectivity index (χ3n) is 13.3. The second-order valence-electron chi connectivity index (χ2n) is 22.0. The lowest BCUT2D eigenvalue weighted by Gasteiger charge is -2.26. The van der Waals surface area contributed by atoms with Crippen molar-refractivity contribution in [2.75, 3.05) is 47.5 Å². The Kier molecular flexibility index (Phi) is 55.5. The predicted octanol–water partition coefficient (Wildman–Crippen LogP) is 17.6. The first-order valence-corrected chi connectivity index (χ1v) is 31.4. The number of likely N-dealkylation sites (N-methyl/N-ethyl adjacent to an activating group) is 1. The summed E-state index contributed by atoms with van der Waals surface area (Å²) in [6, 6.07) is 0. The van der Waals surface area contributed by atoms with Gasteiger partial charge in [0.1, 0.15) is 13.2 Å². The third kappa shape index (κ3) is 59.7. The van der Waals surface area contributed by atoms with Crippen LogP contribution in [0.25, 0.3) is 0 Å². The lowest BCUT2D eigenvalue weighted by atomic mass is 10.0. The average molecular weight is 1080 g/mol. The summed E-state index contributed by atoms with van der Waals surface area (Å²) in [6.45, 7) is 4.58. The zero-order chi connectivity index (χ0) is 56.2. The second-order valence-corrected chi connectivity index (χ2v) is 22.0. The largest absolute Gasteiger partial charge is 0.545 e. The molecule has 0 bridgehead atoms. The van der Waals surface area contributed by atoms with Gasteiger partial charge >= 0.3 is 11.9 Å². The molecule has 0 radical (unpaired) electrons. The van der Waals surface area contributed by atoms with Crippen molar-refractivity contribution in [1.82, 2.24) is 0 Å². The van der Waals surface area contributed by atoms with Crippen molar-refractivity contribution < 1.29 is 42.9 Å².